The third kappa shape index (κ3) is 4.42. The van der Waals surface area contributed by atoms with Gasteiger partial charge in [-0.2, -0.15) is 0 Å². The molecule has 0 saturated carbocycles. The van der Waals surface area contributed by atoms with Crippen LogP contribution in [0.5, 0.6) is 5.75 Å². The van der Waals surface area contributed by atoms with E-state index < -0.39 is 27.8 Å². The second-order valence-corrected chi connectivity index (χ2v) is 9.36. The summed E-state index contributed by atoms with van der Waals surface area (Å²) < 4.78 is 5.59. The lowest BCUT2D eigenvalue weighted by Crippen LogP contribution is -2.45. The Kier molecular flexibility index (Phi) is 6.90. The smallest absolute Gasteiger partial charge is 0.269 e. The van der Waals surface area contributed by atoms with Gasteiger partial charge in [0.15, 0.2) is 17.3 Å². The van der Waals surface area contributed by atoms with E-state index in [-0.39, 0.29) is 29.0 Å². The number of carbonyl (C=O) groups is 3. The average molecular weight is 520 g/mol. The number of nitro groups is 1. The van der Waals surface area contributed by atoms with Crippen LogP contribution in [-0.4, -0.2) is 28.9 Å². The maximum atomic E-state index is 14.4. The van der Waals surface area contributed by atoms with Gasteiger partial charge in [0.05, 0.1) is 11.5 Å². The molecule has 0 fully saturated rings. The minimum atomic E-state index is -1.75. The number of ketones is 3. The zero-order valence-electron chi connectivity index (χ0n) is 21.2. The lowest BCUT2D eigenvalue weighted by Gasteiger charge is -2.35. The highest BCUT2D eigenvalue weighted by molar-refractivity contribution is 6.34. The number of fused-ring (bicyclic) bond motifs is 1. The largest absolute Gasteiger partial charge is 0.494 e. The second-order valence-electron chi connectivity index (χ2n) is 9.36. The Labute approximate surface area is 225 Å². The molecule has 5 rings (SSSR count). The van der Waals surface area contributed by atoms with Gasteiger partial charge in [-0.25, -0.2) is 0 Å². The summed E-state index contributed by atoms with van der Waals surface area (Å²) in [6.07, 6.45) is -0.166. The fourth-order valence-corrected chi connectivity index (χ4v) is 5.44. The molecule has 7 nitrogen and oxygen atoms in total. The van der Waals surface area contributed by atoms with Gasteiger partial charge in [0, 0.05) is 41.2 Å². The molecular weight excluding hydrogens is 494 g/mol. The van der Waals surface area contributed by atoms with Crippen LogP contribution in [0.15, 0.2) is 103 Å². The minimum absolute atomic E-state index is 0.130. The van der Waals surface area contributed by atoms with Gasteiger partial charge in [-0.3, -0.25) is 24.5 Å². The van der Waals surface area contributed by atoms with E-state index in [1.165, 1.54) is 24.3 Å². The summed E-state index contributed by atoms with van der Waals surface area (Å²) in [7, 11) is 0. The number of non-ortho nitro benzene ring substituents is 1. The van der Waals surface area contributed by atoms with E-state index in [0.29, 0.717) is 29.0 Å². The van der Waals surface area contributed by atoms with Crippen molar-refractivity contribution in [2.75, 3.05) is 6.61 Å². The van der Waals surface area contributed by atoms with Gasteiger partial charge >= 0.3 is 0 Å². The average Bonchev–Trinajstić information content (AvgIpc) is 3.19. The van der Waals surface area contributed by atoms with Gasteiger partial charge in [-0.05, 0) is 30.2 Å². The summed E-state index contributed by atoms with van der Waals surface area (Å²) in [6, 6.07) is 27.8. The van der Waals surface area contributed by atoms with Gasteiger partial charge in [0.2, 0.25) is 0 Å². The molecule has 0 bridgehead atoms. The first-order chi connectivity index (χ1) is 18.9. The Bertz CT molecular complexity index is 1520. The highest BCUT2D eigenvalue weighted by Crippen LogP contribution is 2.51. The predicted octanol–water partition coefficient (Wildman–Crippen LogP) is 6.37. The minimum Gasteiger partial charge on any atom is -0.494 e. The Morgan fingerprint density at radius 3 is 1.92 bits per heavy atom. The van der Waals surface area contributed by atoms with Gasteiger partial charge in [-0.1, -0.05) is 78.9 Å². The van der Waals surface area contributed by atoms with Crippen molar-refractivity contribution in [3.63, 3.8) is 0 Å². The number of Topliss-reactive ketones (excluding diaryl/α,β-unsaturated/α-hetero) is 3. The van der Waals surface area contributed by atoms with E-state index >= 15 is 0 Å². The van der Waals surface area contributed by atoms with E-state index in [1.54, 1.807) is 78.9 Å². The number of ether oxygens (including phenoxy) is 1. The first kappa shape index (κ1) is 25.7. The third-order valence-electron chi connectivity index (χ3n) is 7.27. The monoisotopic (exact) mass is 519 g/mol. The summed E-state index contributed by atoms with van der Waals surface area (Å²) in [4.78, 5) is 53.2. The molecule has 0 saturated heterocycles. The van der Waals surface area contributed by atoms with Gasteiger partial charge in [0.1, 0.15) is 11.2 Å². The Morgan fingerprint density at radius 1 is 0.821 bits per heavy atom. The standard InChI is InChI=1S/C32H25NO6/c1-2-39-25-18-14-23(15-19-25)32(30(35)26-10-6-7-11-27(26)31(32)36)28(20-29(34)22-8-4-3-5-9-22)21-12-16-24(17-13-21)33(37)38/h3-19,28H,2,20H2,1H3. The van der Waals surface area contributed by atoms with Crippen molar-refractivity contribution in [2.45, 2.75) is 24.7 Å². The van der Waals surface area contributed by atoms with Crippen molar-refractivity contribution in [1.29, 1.82) is 0 Å². The quantitative estimate of drug-likeness (QED) is 0.110. The summed E-state index contributed by atoms with van der Waals surface area (Å²) in [5.41, 5.74) is 0.0474. The van der Waals surface area contributed by atoms with E-state index in [0.717, 1.165) is 0 Å². The number of rotatable bonds is 9. The molecule has 1 atom stereocenters. The highest BCUT2D eigenvalue weighted by atomic mass is 16.6. The summed E-state index contributed by atoms with van der Waals surface area (Å²) in [5, 5.41) is 11.4. The molecule has 0 N–H and O–H groups in total. The fourth-order valence-electron chi connectivity index (χ4n) is 5.44. The topological polar surface area (TPSA) is 104 Å². The van der Waals surface area contributed by atoms with Crippen LogP contribution >= 0.6 is 0 Å². The zero-order chi connectivity index (χ0) is 27.6. The molecular formula is C32H25NO6. The van der Waals surface area contributed by atoms with E-state index in [4.69, 9.17) is 4.74 Å². The third-order valence-corrected chi connectivity index (χ3v) is 7.27. The molecule has 0 spiro atoms. The Hall–Kier alpha value is -4.91. The molecule has 1 unspecified atom stereocenters. The number of hydrogen-bond donors (Lipinski definition) is 0. The summed E-state index contributed by atoms with van der Waals surface area (Å²) >= 11 is 0. The van der Waals surface area contributed by atoms with E-state index in [9.17, 15) is 24.5 Å². The molecule has 7 heteroatoms. The molecule has 0 amide bonds. The molecule has 1 aliphatic rings. The van der Waals surface area contributed by atoms with Crippen molar-refractivity contribution in [3.8, 4) is 5.75 Å². The maximum absolute atomic E-state index is 14.4. The van der Waals surface area contributed by atoms with Gasteiger partial charge in [-0.15, -0.1) is 0 Å². The lowest BCUT2D eigenvalue weighted by atomic mass is 9.62. The van der Waals surface area contributed by atoms with Crippen molar-refractivity contribution in [3.05, 3.63) is 141 Å². The van der Waals surface area contributed by atoms with Crippen molar-refractivity contribution in [2.24, 2.45) is 0 Å². The molecule has 0 radical (unpaired) electrons. The molecule has 39 heavy (non-hydrogen) atoms. The molecule has 4 aromatic rings. The number of hydrogen-bond acceptors (Lipinski definition) is 6. The summed E-state index contributed by atoms with van der Waals surface area (Å²) in [6.45, 7) is 2.31. The van der Waals surface area contributed by atoms with E-state index in [2.05, 4.69) is 0 Å². The van der Waals surface area contributed by atoms with Crippen LogP contribution in [0.3, 0.4) is 0 Å². The first-order valence-corrected chi connectivity index (χ1v) is 12.6. The normalized spacial score (nSPS) is 14.5. The van der Waals surface area contributed by atoms with Crippen molar-refractivity contribution in [1.82, 2.24) is 0 Å². The number of nitro benzene ring substituents is 1. The van der Waals surface area contributed by atoms with Crippen LogP contribution in [0, 0.1) is 10.1 Å². The number of nitrogens with zero attached hydrogens (tertiary/aromatic N) is 1. The molecule has 194 valence electrons. The fraction of sp³-hybridized carbons (Fsp3) is 0.156. The first-order valence-electron chi connectivity index (χ1n) is 12.6. The Balaban J connectivity index is 1.74. The van der Waals surface area contributed by atoms with E-state index in [1.807, 2.05) is 6.92 Å². The molecule has 0 aromatic heterocycles. The lowest BCUT2D eigenvalue weighted by molar-refractivity contribution is -0.384. The van der Waals surface area contributed by atoms with Crippen LogP contribution in [0.25, 0.3) is 0 Å². The molecule has 4 aromatic carbocycles. The Morgan fingerprint density at radius 2 is 1.38 bits per heavy atom. The number of carbonyl (C=O) groups excluding carboxylic acids is 3. The molecule has 1 aliphatic carbocycles. The maximum Gasteiger partial charge on any atom is 0.269 e. The van der Waals surface area contributed by atoms with Crippen molar-refractivity contribution >= 4 is 23.0 Å². The van der Waals surface area contributed by atoms with Crippen LogP contribution in [0.1, 0.15) is 61.5 Å². The second kappa shape index (κ2) is 10.5. The molecule has 0 heterocycles. The van der Waals surface area contributed by atoms with Gasteiger partial charge < -0.3 is 4.74 Å². The zero-order valence-corrected chi connectivity index (χ0v) is 21.2. The highest BCUT2D eigenvalue weighted by Gasteiger charge is 2.59. The molecule has 0 aliphatic heterocycles. The van der Waals surface area contributed by atoms with Crippen molar-refractivity contribution < 1.29 is 24.0 Å². The number of benzene rings is 4. The van der Waals surface area contributed by atoms with Crippen LogP contribution in [-0.2, 0) is 5.41 Å². The SMILES string of the molecule is CCOc1ccc(C2(C(CC(=O)c3ccccc3)c3ccc([N+](=O)[O-])cc3)C(=O)c3ccccc3C2=O)cc1. The van der Waals surface area contributed by atoms with Gasteiger partial charge in [0.25, 0.3) is 5.69 Å². The predicted molar refractivity (Wildman–Crippen MR) is 146 cm³/mol. The van der Waals surface area contributed by atoms with Crippen LogP contribution in [0.4, 0.5) is 5.69 Å². The van der Waals surface area contributed by atoms with Crippen LogP contribution < -0.4 is 4.74 Å². The summed E-state index contributed by atoms with van der Waals surface area (Å²) in [5.74, 6) is -1.41. The van der Waals surface area contributed by atoms with Crippen LogP contribution in [0.2, 0.25) is 0 Å².